The van der Waals surface area contributed by atoms with E-state index in [0.29, 0.717) is 28.6 Å². The van der Waals surface area contributed by atoms with Gasteiger partial charge in [0.2, 0.25) is 0 Å². The third-order valence-electron chi connectivity index (χ3n) is 5.57. The molecule has 1 atom stereocenters. The Morgan fingerprint density at radius 3 is 2.64 bits per heavy atom. The second-order valence-corrected chi connectivity index (χ2v) is 9.01. The van der Waals surface area contributed by atoms with Crippen LogP contribution >= 0.6 is 11.3 Å². The minimum atomic E-state index is -1.12. The lowest BCUT2D eigenvalue weighted by Crippen LogP contribution is -2.48. The largest absolute Gasteiger partial charge is 0.448 e. The van der Waals surface area contributed by atoms with Crippen LogP contribution in [-0.4, -0.2) is 33.4 Å². The molecule has 0 unspecified atom stereocenters. The Morgan fingerprint density at radius 1 is 1.09 bits per heavy atom. The summed E-state index contributed by atoms with van der Waals surface area (Å²) in [5.74, 6) is -0.804. The second-order valence-electron chi connectivity index (χ2n) is 7.98. The molecule has 9 heteroatoms. The van der Waals surface area contributed by atoms with Crippen molar-refractivity contribution >= 4 is 39.4 Å². The Bertz CT molecular complexity index is 1330. The van der Waals surface area contributed by atoms with Crippen LogP contribution in [-0.2, 0) is 11.2 Å². The monoisotopic (exact) mass is 460 g/mol. The van der Waals surface area contributed by atoms with Crippen LogP contribution < -0.4 is 10.7 Å². The smallest absolute Gasteiger partial charge is 0.344 e. The molecule has 1 fully saturated rings. The number of thiazole rings is 1. The Hall–Kier alpha value is -3.98. The van der Waals surface area contributed by atoms with Crippen molar-refractivity contribution in [3.8, 4) is 10.8 Å². The minimum absolute atomic E-state index is 0.0252. The zero-order chi connectivity index (χ0) is 23.0. The van der Waals surface area contributed by atoms with E-state index < -0.39 is 23.4 Å². The number of furan rings is 1. The number of fused-ring (bicyclic) bond motifs is 1. The van der Waals surface area contributed by atoms with E-state index in [9.17, 15) is 14.4 Å². The molecular formula is C24H20N4O4S. The number of rotatable bonds is 6. The summed E-state index contributed by atoms with van der Waals surface area (Å²) in [5.41, 5.74) is 3.14. The van der Waals surface area contributed by atoms with Crippen molar-refractivity contribution in [2.24, 2.45) is 0 Å². The lowest BCUT2D eigenvalue weighted by molar-refractivity contribution is -0.132. The number of para-hydroxylation sites is 1. The summed E-state index contributed by atoms with van der Waals surface area (Å²) in [4.78, 5) is 42.6. The quantitative estimate of drug-likeness (QED) is 0.421. The van der Waals surface area contributed by atoms with Crippen LogP contribution in [0.1, 0.15) is 29.5 Å². The van der Waals surface area contributed by atoms with Gasteiger partial charge in [0.05, 0.1) is 10.2 Å². The van der Waals surface area contributed by atoms with E-state index in [-0.39, 0.29) is 5.76 Å². The maximum absolute atomic E-state index is 12.9. The number of carbonyl (C=O) groups excluding carboxylic acids is 3. The number of imide groups is 1. The number of hydrazine groups is 1. The number of hydrogen-bond acceptors (Lipinski definition) is 6. The Balaban J connectivity index is 1.27. The zero-order valence-electron chi connectivity index (χ0n) is 17.7. The molecule has 3 heterocycles. The fraction of sp³-hybridized carbons (Fsp3) is 0.167. The van der Waals surface area contributed by atoms with Gasteiger partial charge in [0, 0.05) is 0 Å². The first-order valence-corrected chi connectivity index (χ1v) is 11.2. The second kappa shape index (κ2) is 8.18. The standard InChI is InChI=1S/C24H20N4O4S/c1-24(14-13-15-7-3-2-4-8-15)22(30)28(23(31)26-24)27-20(29)17-11-12-18(32-17)21-25-16-9-5-6-10-19(16)33-21/h2-12H,13-14H2,1H3,(H,26,31)(H,27,29)/t24-/m1/s1. The Morgan fingerprint density at radius 2 is 1.85 bits per heavy atom. The van der Waals surface area contributed by atoms with Crippen molar-refractivity contribution in [3.05, 3.63) is 78.1 Å². The lowest BCUT2D eigenvalue weighted by Gasteiger charge is -2.21. The average Bonchev–Trinajstić information content (AvgIpc) is 3.52. The molecular weight excluding hydrogens is 440 g/mol. The van der Waals surface area contributed by atoms with Gasteiger partial charge in [0.15, 0.2) is 16.5 Å². The molecule has 8 nitrogen and oxygen atoms in total. The number of nitrogens with zero attached hydrogens (tertiary/aromatic N) is 2. The highest BCUT2D eigenvalue weighted by atomic mass is 32.1. The highest BCUT2D eigenvalue weighted by Crippen LogP contribution is 2.31. The predicted molar refractivity (Wildman–Crippen MR) is 123 cm³/mol. The molecule has 5 rings (SSSR count). The van der Waals surface area contributed by atoms with Gasteiger partial charge in [-0.15, -0.1) is 11.3 Å². The number of benzene rings is 2. The van der Waals surface area contributed by atoms with Gasteiger partial charge in [-0.1, -0.05) is 42.5 Å². The molecule has 166 valence electrons. The van der Waals surface area contributed by atoms with Crippen LogP contribution in [0.3, 0.4) is 0 Å². The SMILES string of the molecule is C[C@]1(CCc2ccccc2)NC(=O)N(NC(=O)c2ccc(-c3nc4ccccc4s3)o2)C1=O. The zero-order valence-corrected chi connectivity index (χ0v) is 18.5. The van der Waals surface area contributed by atoms with Gasteiger partial charge in [-0.25, -0.2) is 15.2 Å². The van der Waals surface area contributed by atoms with E-state index in [1.165, 1.54) is 17.4 Å². The molecule has 2 aromatic carbocycles. The third kappa shape index (κ3) is 3.98. The van der Waals surface area contributed by atoms with E-state index in [1.807, 2.05) is 54.6 Å². The van der Waals surface area contributed by atoms with Gasteiger partial charge in [-0.2, -0.15) is 5.01 Å². The van der Waals surface area contributed by atoms with Crippen molar-refractivity contribution in [3.63, 3.8) is 0 Å². The maximum atomic E-state index is 12.9. The van der Waals surface area contributed by atoms with Crippen LogP contribution in [0.2, 0.25) is 0 Å². The Kier molecular flexibility index (Phi) is 5.18. The molecule has 1 saturated heterocycles. The number of nitrogens with one attached hydrogen (secondary N) is 2. The number of urea groups is 1. The van der Waals surface area contributed by atoms with E-state index in [2.05, 4.69) is 15.7 Å². The summed E-state index contributed by atoms with van der Waals surface area (Å²) < 4.78 is 6.67. The highest BCUT2D eigenvalue weighted by Gasteiger charge is 2.48. The first-order chi connectivity index (χ1) is 15.9. The van der Waals surface area contributed by atoms with E-state index in [0.717, 1.165) is 15.8 Å². The summed E-state index contributed by atoms with van der Waals surface area (Å²) in [7, 11) is 0. The van der Waals surface area contributed by atoms with Gasteiger partial charge >= 0.3 is 11.9 Å². The molecule has 0 bridgehead atoms. The maximum Gasteiger partial charge on any atom is 0.344 e. The van der Waals surface area contributed by atoms with E-state index >= 15 is 0 Å². The number of carbonyl (C=O) groups is 3. The van der Waals surface area contributed by atoms with Gasteiger partial charge in [0.25, 0.3) is 5.91 Å². The number of aryl methyl sites for hydroxylation is 1. The molecule has 0 radical (unpaired) electrons. The molecule has 4 aromatic rings. The lowest BCUT2D eigenvalue weighted by atomic mass is 9.93. The van der Waals surface area contributed by atoms with E-state index in [4.69, 9.17) is 4.42 Å². The predicted octanol–water partition coefficient (Wildman–Crippen LogP) is 4.14. The first-order valence-electron chi connectivity index (χ1n) is 10.4. The third-order valence-corrected chi connectivity index (χ3v) is 6.62. The summed E-state index contributed by atoms with van der Waals surface area (Å²) in [6.45, 7) is 1.65. The van der Waals surface area contributed by atoms with Crippen molar-refractivity contribution in [1.29, 1.82) is 0 Å². The first kappa shape index (κ1) is 20.9. The molecule has 33 heavy (non-hydrogen) atoms. The fourth-order valence-corrected chi connectivity index (χ4v) is 4.63. The van der Waals surface area contributed by atoms with Crippen LogP contribution in [0.5, 0.6) is 0 Å². The fourth-order valence-electron chi connectivity index (χ4n) is 3.70. The minimum Gasteiger partial charge on any atom is -0.448 e. The van der Waals surface area contributed by atoms with Crippen LogP contribution in [0.15, 0.2) is 71.1 Å². The topological polar surface area (TPSA) is 105 Å². The normalized spacial score (nSPS) is 18.0. The molecule has 0 saturated carbocycles. The average molecular weight is 461 g/mol. The van der Waals surface area contributed by atoms with Crippen LogP contribution in [0.4, 0.5) is 4.79 Å². The molecule has 2 N–H and O–H groups in total. The van der Waals surface area contributed by atoms with Gasteiger partial charge < -0.3 is 9.73 Å². The molecule has 2 aromatic heterocycles. The highest BCUT2D eigenvalue weighted by molar-refractivity contribution is 7.21. The van der Waals surface area contributed by atoms with E-state index in [1.54, 1.807) is 13.0 Å². The van der Waals surface area contributed by atoms with Crippen molar-refractivity contribution in [1.82, 2.24) is 20.7 Å². The summed E-state index contributed by atoms with van der Waals surface area (Å²) in [6.07, 6.45) is 1.01. The number of amides is 4. The summed E-state index contributed by atoms with van der Waals surface area (Å²) in [6, 6.07) is 19.8. The summed E-state index contributed by atoms with van der Waals surface area (Å²) >= 11 is 1.45. The number of aromatic nitrogens is 1. The Labute approximate surface area is 193 Å². The molecule has 4 amide bonds. The van der Waals surface area contributed by atoms with Gasteiger partial charge in [0.1, 0.15) is 5.54 Å². The van der Waals surface area contributed by atoms with Crippen LogP contribution in [0, 0.1) is 0 Å². The molecule has 0 aliphatic carbocycles. The molecule has 0 spiro atoms. The van der Waals surface area contributed by atoms with Gasteiger partial charge in [-0.3, -0.25) is 9.59 Å². The van der Waals surface area contributed by atoms with Crippen molar-refractivity contribution < 1.29 is 18.8 Å². The van der Waals surface area contributed by atoms with Crippen molar-refractivity contribution in [2.75, 3.05) is 0 Å². The molecule has 1 aliphatic rings. The number of hydrogen-bond donors (Lipinski definition) is 2. The summed E-state index contributed by atoms with van der Waals surface area (Å²) in [5, 5.41) is 4.04. The van der Waals surface area contributed by atoms with Gasteiger partial charge in [-0.05, 0) is 49.6 Å². The van der Waals surface area contributed by atoms with Crippen molar-refractivity contribution in [2.45, 2.75) is 25.3 Å². The van der Waals surface area contributed by atoms with Crippen LogP contribution in [0.25, 0.3) is 21.0 Å². The molecule has 1 aliphatic heterocycles.